The van der Waals surface area contributed by atoms with Crippen LogP contribution in [0.25, 0.3) is 0 Å². The summed E-state index contributed by atoms with van der Waals surface area (Å²) >= 11 is 4.25. The standard InChI is InChI=1S/C7H5BrO3S/c1-11-7(10)5-2-4(8)6(3-9)12-5/h2-3H,1H3. The Kier molecular flexibility index (Phi) is 2.99. The molecule has 0 aliphatic carbocycles. The number of aldehydes is 1. The van der Waals surface area contributed by atoms with Gasteiger partial charge in [-0.2, -0.15) is 0 Å². The fraction of sp³-hybridized carbons (Fsp3) is 0.143. The van der Waals surface area contributed by atoms with Crippen LogP contribution < -0.4 is 0 Å². The van der Waals surface area contributed by atoms with Crippen molar-refractivity contribution in [2.75, 3.05) is 7.11 Å². The maximum atomic E-state index is 10.9. The smallest absolute Gasteiger partial charge is 0.348 e. The second-order valence-corrected chi connectivity index (χ2v) is 3.87. The van der Waals surface area contributed by atoms with Crippen LogP contribution in [-0.2, 0) is 4.74 Å². The third-order valence-electron chi connectivity index (χ3n) is 1.21. The lowest BCUT2D eigenvalue weighted by Gasteiger charge is -1.90. The molecule has 0 saturated carbocycles. The predicted molar refractivity (Wildman–Crippen MR) is 48.7 cm³/mol. The van der Waals surface area contributed by atoms with E-state index in [0.717, 1.165) is 11.3 Å². The molecule has 0 fully saturated rings. The third-order valence-corrected chi connectivity index (χ3v) is 3.17. The summed E-state index contributed by atoms with van der Waals surface area (Å²) in [5, 5.41) is 0. The third kappa shape index (κ3) is 1.73. The van der Waals surface area contributed by atoms with E-state index in [0.29, 0.717) is 20.5 Å². The Balaban J connectivity index is 3.04. The highest BCUT2D eigenvalue weighted by atomic mass is 79.9. The van der Waals surface area contributed by atoms with Crippen LogP contribution in [0.5, 0.6) is 0 Å². The van der Waals surface area contributed by atoms with Crippen molar-refractivity contribution in [2.24, 2.45) is 0 Å². The van der Waals surface area contributed by atoms with Gasteiger partial charge in [0.05, 0.1) is 12.0 Å². The van der Waals surface area contributed by atoms with Crippen LogP contribution in [0, 0.1) is 0 Å². The second kappa shape index (κ2) is 3.82. The van der Waals surface area contributed by atoms with Gasteiger partial charge in [-0.15, -0.1) is 11.3 Å². The van der Waals surface area contributed by atoms with Crippen LogP contribution in [0.2, 0.25) is 0 Å². The highest BCUT2D eigenvalue weighted by Crippen LogP contribution is 2.26. The van der Waals surface area contributed by atoms with Gasteiger partial charge in [-0.3, -0.25) is 4.79 Å². The van der Waals surface area contributed by atoms with E-state index in [1.54, 1.807) is 6.07 Å². The molecule has 64 valence electrons. The average Bonchev–Trinajstić information content (AvgIpc) is 2.45. The molecule has 12 heavy (non-hydrogen) atoms. The molecule has 0 atom stereocenters. The quantitative estimate of drug-likeness (QED) is 0.595. The van der Waals surface area contributed by atoms with Crippen LogP contribution in [0.15, 0.2) is 10.5 Å². The lowest BCUT2D eigenvalue weighted by Crippen LogP contribution is -1.96. The molecule has 1 aromatic heterocycles. The molecule has 0 amide bonds. The van der Waals surface area contributed by atoms with E-state index in [2.05, 4.69) is 20.7 Å². The zero-order valence-electron chi connectivity index (χ0n) is 6.17. The summed E-state index contributed by atoms with van der Waals surface area (Å²) in [6.07, 6.45) is 0.696. The Morgan fingerprint density at radius 2 is 2.42 bits per heavy atom. The maximum Gasteiger partial charge on any atom is 0.348 e. The van der Waals surface area contributed by atoms with E-state index in [9.17, 15) is 9.59 Å². The van der Waals surface area contributed by atoms with E-state index in [1.807, 2.05) is 0 Å². The first-order valence-electron chi connectivity index (χ1n) is 3.02. The molecule has 0 aromatic carbocycles. The predicted octanol–water partition coefficient (Wildman–Crippen LogP) is 2.11. The molecule has 1 aromatic rings. The Morgan fingerprint density at radius 3 is 2.83 bits per heavy atom. The lowest BCUT2D eigenvalue weighted by atomic mass is 10.4. The van der Waals surface area contributed by atoms with Gasteiger partial charge in [0.25, 0.3) is 0 Å². The van der Waals surface area contributed by atoms with Gasteiger partial charge in [0, 0.05) is 4.47 Å². The first kappa shape index (κ1) is 9.41. The first-order valence-corrected chi connectivity index (χ1v) is 4.62. The van der Waals surface area contributed by atoms with E-state index in [-0.39, 0.29) is 0 Å². The minimum atomic E-state index is -0.422. The molecule has 0 aliphatic heterocycles. The minimum Gasteiger partial charge on any atom is -0.465 e. The molecule has 0 unspecified atom stereocenters. The van der Waals surface area contributed by atoms with Crippen LogP contribution in [-0.4, -0.2) is 19.4 Å². The molecule has 5 heteroatoms. The lowest BCUT2D eigenvalue weighted by molar-refractivity contribution is 0.0606. The SMILES string of the molecule is COC(=O)c1cc(Br)c(C=O)s1. The summed E-state index contributed by atoms with van der Waals surface area (Å²) in [6.45, 7) is 0. The summed E-state index contributed by atoms with van der Waals surface area (Å²) in [4.78, 5) is 22.2. The fourth-order valence-electron chi connectivity index (χ4n) is 0.664. The van der Waals surface area contributed by atoms with Gasteiger partial charge in [0.2, 0.25) is 0 Å². The molecule has 0 saturated heterocycles. The largest absolute Gasteiger partial charge is 0.465 e. The van der Waals surface area contributed by atoms with Crippen molar-refractivity contribution in [3.63, 3.8) is 0 Å². The summed E-state index contributed by atoms with van der Waals surface area (Å²) in [5.74, 6) is -0.422. The van der Waals surface area contributed by atoms with Gasteiger partial charge in [-0.05, 0) is 22.0 Å². The average molecular weight is 249 g/mol. The van der Waals surface area contributed by atoms with Crippen molar-refractivity contribution in [3.8, 4) is 0 Å². The number of thiophene rings is 1. The van der Waals surface area contributed by atoms with Crippen LogP contribution >= 0.6 is 27.3 Å². The molecule has 3 nitrogen and oxygen atoms in total. The number of esters is 1. The van der Waals surface area contributed by atoms with Crippen molar-refractivity contribution in [2.45, 2.75) is 0 Å². The molecule has 0 N–H and O–H groups in total. The normalized spacial score (nSPS) is 9.50. The summed E-state index contributed by atoms with van der Waals surface area (Å²) in [6, 6.07) is 1.57. The van der Waals surface area contributed by atoms with Gasteiger partial charge in [-0.1, -0.05) is 0 Å². The highest BCUT2D eigenvalue weighted by Gasteiger charge is 2.12. The van der Waals surface area contributed by atoms with Gasteiger partial charge in [0.15, 0.2) is 6.29 Å². The number of methoxy groups -OCH3 is 1. The fourth-order valence-corrected chi connectivity index (χ4v) is 2.17. The van der Waals surface area contributed by atoms with E-state index >= 15 is 0 Å². The van der Waals surface area contributed by atoms with Gasteiger partial charge >= 0.3 is 5.97 Å². The van der Waals surface area contributed by atoms with Crippen molar-refractivity contribution < 1.29 is 14.3 Å². The second-order valence-electron chi connectivity index (χ2n) is 1.93. The zero-order valence-corrected chi connectivity index (χ0v) is 8.57. The van der Waals surface area contributed by atoms with Gasteiger partial charge in [0.1, 0.15) is 4.88 Å². The molecular formula is C7H5BrO3S. The molecule has 0 aliphatic rings. The number of ether oxygens (including phenoxy) is 1. The summed E-state index contributed by atoms with van der Waals surface area (Å²) < 4.78 is 5.11. The molecule has 0 bridgehead atoms. The maximum absolute atomic E-state index is 10.9. The van der Waals surface area contributed by atoms with E-state index < -0.39 is 5.97 Å². The van der Waals surface area contributed by atoms with Gasteiger partial charge in [-0.25, -0.2) is 4.79 Å². The topological polar surface area (TPSA) is 43.4 Å². The van der Waals surface area contributed by atoms with E-state index in [1.165, 1.54) is 7.11 Å². The number of carbonyl (C=O) groups excluding carboxylic acids is 2. The van der Waals surface area contributed by atoms with Gasteiger partial charge < -0.3 is 4.74 Å². The number of hydrogen-bond donors (Lipinski definition) is 0. The number of carbonyl (C=O) groups is 2. The Hall–Kier alpha value is -0.680. The molecule has 0 radical (unpaired) electrons. The Labute approximate surface area is 81.5 Å². The number of hydrogen-bond acceptors (Lipinski definition) is 4. The summed E-state index contributed by atoms with van der Waals surface area (Å²) in [7, 11) is 1.30. The van der Waals surface area contributed by atoms with Crippen molar-refractivity contribution >= 4 is 39.5 Å². The van der Waals surface area contributed by atoms with Crippen LogP contribution in [0.4, 0.5) is 0 Å². The monoisotopic (exact) mass is 248 g/mol. The molecule has 0 spiro atoms. The van der Waals surface area contributed by atoms with Crippen LogP contribution in [0.3, 0.4) is 0 Å². The minimum absolute atomic E-state index is 0.422. The molecule has 1 heterocycles. The molecular weight excluding hydrogens is 244 g/mol. The highest BCUT2D eigenvalue weighted by molar-refractivity contribution is 9.10. The number of halogens is 1. The number of rotatable bonds is 2. The van der Waals surface area contributed by atoms with Crippen molar-refractivity contribution in [1.82, 2.24) is 0 Å². The Morgan fingerprint density at radius 1 is 1.75 bits per heavy atom. The van der Waals surface area contributed by atoms with Crippen LogP contribution in [0.1, 0.15) is 19.3 Å². The first-order chi connectivity index (χ1) is 5.69. The van der Waals surface area contributed by atoms with E-state index in [4.69, 9.17) is 0 Å². The Bertz CT molecular complexity index is 318. The van der Waals surface area contributed by atoms with Crippen molar-refractivity contribution in [3.05, 3.63) is 20.3 Å². The summed E-state index contributed by atoms with van der Waals surface area (Å²) in [5.41, 5.74) is 0. The molecule has 1 rings (SSSR count). The van der Waals surface area contributed by atoms with Crippen molar-refractivity contribution in [1.29, 1.82) is 0 Å². The zero-order chi connectivity index (χ0) is 9.14.